The Hall–Kier alpha value is -1.53. The lowest BCUT2D eigenvalue weighted by atomic mass is 10.0. The highest BCUT2D eigenvalue weighted by atomic mass is 15.1. The van der Waals surface area contributed by atoms with E-state index in [1.165, 1.54) is 18.5 Å². The van der Waals surface area contributed by atoms with Crippen LogP contribution in [0.25, 0.3) is 0 Å². The molecular formula is C16H23N3. The Balaban J connectivity index is 1.59. The van der Waals surface area contributed by atoms with Crippen LogP contribution in [0.4, 0.5) is 5.69 Å². The molecule has 0 saturated heterocycles. The maximum atomic E-state index is 8.76. The lowest BCUT2D eigenvalue weighted by molar-refractivity contribution is 0.464. The van der Waals surface area contributed by atoms with Crippen LogP contribution in [0.2, 0.25) is 0 Å². The number of benzene rings is 1. The largest absolute Gasteiger partial charge is 0.375 e. The number of para-hydroxylation sites is 1. The standard InChI is InChI=1S/C16H23N3/c1-19(15-6-3-2-4-7-15)13-5-12-18-14-16(8-9-16)10-11-17/h2-4,6-7,18H,5,8-10,12-14H2,1H3. The molecular weight excluding hydrogens is 234 g/mol. The molecule has 0 radical (unpaired) electrons. The van der Waals surface area contributed by atoms with Crippen LogP contribution >= 0.6 is 0 Å². The first-order valence-corrected chi connectivity index (χ1v) is 7.10. The molecule has 0 amide bonds. The maximum Gasteiger partial charge on any atom is 0.0628 e. The second kappa shape index (κ2) is 6.58. The van der Waals surface area contributed by atoms with Crippen molar-refractivity contribution in [2.75, 3.05) is 31.6 Å². The average molecular weight is 257 g/mol. The molecule has 0 unspecified atom stereocenters. The van der Waals surface area contributed by atoms with Crippen molar-refractivity contribution >= 4 is 5.69 Å². The van der Waals surface area contributed by atoms with Crippen LogP contribution in [0.15, 0.2) is 30.3 Å². The lowest BCUT2D eigenvalue weighted by Crippen LogP contribution is -2.28. The molecule has 1 saturated carbocycles. The molecule has 1 N–H and O–H groups in total. The quantitative estimate of drug-likeness (QED) is 0.728. The summed E-state index contributed by atoms with van der Waals surface area (Å²) in [5, 5.41) is 12.3. The fraction of sp³-hybridized carbons (Fsp3) is 0.562. The summed E-state index contributed by atoms with van der Waals surface area (Å²) in [6, 6.07) is 12.8. The van der Waals surface area contributed by atoms with Gasteiger partial charge in [-0.05, 0) is 43.4 Å². The Morgan fingerprint density at radius 2 is 2.05 bits per heavy atom. The van der Waals surface area contributed by atoms with Crippen LogP contribution in [-0.4, -0.2) is 26.7 Å². The predicted molar refractivity (Wildman–Crippen MR) is 79.1 cm³/mol. The van der Waals surface area contributed by atoms with Gasteiger partial charge in [-0.25, -0.2) is 0 Å². The average Bonchev–Trinajstić information content (AvgIpc) is 3.19. The minimum absolute atomic E-state index is 0.320. The topological polar surface area (TPSA) is 39.1 Å². The van der Waals surface area contributed by atoms with Gasteiger partial charge in [0, 0.05) is 32.2 Å². The van der Waals surface area contributed by atoms with Gasteiger partial charge >= 0.3 is 0 Å². The third-order valence-corrected chi connectivity index (χ3v) is 3.96. The Morgan fingerprint density at radius 3 is 2.68 bits per heavy atom. The van der Waals surface area contributed by atoms with E-state index in [9.17, 15) is 0 Å². The van der Waals surface area contributed by atoms with Crippen LogP contribution in [0.3, 0.4) is 0 Å². The van der Waals surface area contributed by atoms with Gasteiger partial charge < -0.3 is 10.2 Å². The van der Waals surface area contributed by atoms with Gasteiger partial charge in [0.1, 0.15) is 0 Å². The Bertz CT molecular complexity index is 417. The highest BCUT2D eigenvalue weighted by molar-refractivity contribution is 5.44. The Kier molecular flexibility index (Phi) is 4.81. The smallest absolute Gasteiger partial charge is 0.0628 e. The second-order valence-electron chi connectivity index (χ2n) is 5.62. The molecule has 1 aromatic rings. The van der Waals surface area contributed by atoms with E-state index in [1.807, 2.05) is 6.07 Å². The third kappa shape index (κ3) is 4.25. The normalized spacial score (nSPS) is 15.8. The van der Waals surface area contributed by atoms with Gasteiger partial charge in [-0.15, -0.1) is 0 Å². The van der Waals surface area contributed by atoms with E-state index < -0.39 is 0 Å². The van der Waals surface area contributed by atoms with Crippen LogP contribution in [0.5, 0.6) is 0 Å². The first-order valence-electron chi connectivity index (χ1n) is 7.10. The summed E-state index contributed by atoms with van der Waals surface area (Å²) in [6.45, 7) is 3.10. The fourth-order valence-electron chi connectivity index (χ4n) is 2.37. The van der Waals surface area contributed by atoms with Crippen molar-refractivity contribution in [1.29, 1.82) is 5.26 Å². The summed E-state index contributed by atoms with van der Waals surface area (Å²) in [5.41, 5.74) is 1.59. The van der Waals surface area contributed by atoms with Crippen LogP contribution in [0.1, 0.15) is 25.7 Å². The van der Waals surface area contributed by atoms with E-state index in [2.05, 4.69) is 47.6 Å². The zero-order chi connectivity index (χ0) is 13.6. The van der Waals surface area contributed by atoms with E-state index in [1.54, 1.807) is 0 Å². The van der Waals surface area contributed by atoms with E-state index in [0.717, 1.165) is 26.1 Å². The highest BCUT2D eigenvalue weighted by Gasteiger charge is 2.41. The summed E-state index contributed by atoms with van der Waals surface area (Å²) in [6.07, 6.45) is 4.28. The number of rotatable bonds is 8. The highest BCUT2D eigenvalue weighted by Crippen LogP contribution is 2.47. The van der Waals surface area contributed by atoms with Gasteiger partial charge in [0.2, 0.25) is 0 Å². The lowest BCUT2D eigenvalue weighted by Gasteiger charge is -2.19. The zero-order valence-electron chi connectivity index (χ0n) is 11.7. The van der Waals surface area contributed by atoms with Crippen LogP contribution in [-0.2, 0) is 0 Å². The zero-order valence-corrected chi connectivity index (χ0v) is 11.7. The van der Waals surface area contributed by atoms with E-state index in [4.69, 9.17) is 5.26 Å². The fourth-order valence-corrected chi connectivity index (χ4v) is 2.37. The van der Waals surface area contributed by atoms with Crippen molar-refractivity contribution in [1.82, 2.24) is 5.32 Å². The van der Waals surface area contributed by atoms with E-state index >= 15 is 0 Å². The van der Waals surface area contributed by atoms with Gasteiger partial charge in [0.15, 0.2) is 0 Å². The Morgan fingerprint density at radius 1 is 1.32 bits per heavy atom. The number of nitrogens with zero attached hydrogens (tertiary/aromatic N) is 2. The number of anilines is 1. The molecule has 0 atom stereocenters. The number of nitrogens with one attached hydrogen (secondary N) is 1. The van der Waals surface area contributed by atoms with Crippen molar-refractivity contribution in [2.24, 2.45) is 5.41 Å². The summed E-state index contributed by atoms with van der Waals surface area (Å²) in [5.74, 6) is 0. The van der Waals surface area contributed by atoms with Crippen molar-refractivity contribution < 1.29 is 0 Å². The molecule has 1 aliphatic rings. The summed E-state index contributed by atoms with van der Waals surface area (Å²) < 4.78 is 0. The van der Waals surface area contributed by atoms with Gasteiger partial charge in [-0.2, -0.15) is 5.26 Å². The second-order valence-corrected chi connectivity index (χ2v) is 5.62. The van der Waals surface area contributed by atoms with Crippen LogP contribution < -0.4 is 10.2 Å². The predicted octanol–water partition coefficient (Wildman–Crippen LogP) is 2.80. The molecule has 1 fully saturated rings. The van der Waals surface area contributed by atoms with Crippen molar-refractivity contribution in [3.63, 3.8) is 0 Å². The SMILES string of the molecule is CN(CCCNCC1(CC#N)CC1)c1ccccc1. The number of hydrogen-bond donors (Lipinski definition) is 1. The van der Waals surface area contributed by atoms with Crippen molar-refractivity contribution in [2.45, 2.75) is 25.7 Å². The van der Waals surface area contributed by atoms with E-state index in [0.29, 0.717) is 11.8 Å². The Labute approximate surface area is 116 Å². The van der Waals surface area contributed by atoms with Crippen molar-refractivity contribution in [3.8, 4) is 6.07 Å². The molecule has 102 valence electrons. The van der Waals surface area contributed by atoms with Gasteiger partial charge in [-0.1, -0.05) is 18.2 Å². The molecule has 1 aliphatic carbocycles. The summed E-state index contributed by atoms with van der Waals surface area (Å²) in [4.78, 5) is 2.28. The first-order chi connectivity index (χ1) is 9.26. The van der Waals surface area contributed by atoms with Gasteiger partial charge in [0.25, 0.3) is 0 Å². The minimum atomic E-state index is 0.320. The molecule has 3 heteroatoms. The molecule has 0 aliphatic heterocycles. The van der Waals surface area contributed by atoms with Crippen molar-refractivity contribution in [3.05, 3.63) is 30.3 Å². The number of hydrogen-bond acceptors (Lipinski definition) is 3. The molecule has 0 bridgehead atoms. The third-order valence-electron chi connectivity index (χ3n) is 3.96. The first kappa shape index (κ1) is 13.9. The van der Waals surface area contributed by atoms with Gasteiger partial charge in [0.05, 0.1) is 6.07 Å². The van der Waals surface area contributed by atoms with Crippen LogP contribution in [0, 0.1) is 16.7 Å². The minimum Gasteiger partial charge on any atom is -0.375 e. The molecule has 3 nitrogen and oxygen atoms in total. The molecule has 1 aromatic carbocycles. The molecule has 0 heterocycles. The molecule has 2 rings (SSSR count). The van der Waals surface area contributed by atoms with Gasteiger partial charge in [-0.3, -0.25) is 0 Å². The monoisotopic (exact) mass is 257 g/mol. The molecule has 0 aromatic heterocycles. The molecule has 19 heavy (non-hydrogen) atoms. The summed E-state index contributed by atoms with van der Waals surface area (Å²) >= 11 is 0. The van der Waals surface area contributed by atoms with E-state index in [-0.39, 0.29) is 0 Å². The molecule has 0 spiro atoms. The number of nitriles is 1. The maximum absolute atomic E-state index is 8.76. The summed E-state index contributed by atoms with van der Waals surface area (Å²) in [7, 11) is 2.13.